The lowest BCUT2D eigenvalue weighted by molar-refractivity contribution is -0.213. The highest BCUT2D eigenvalue weighted by Gasteiger charge is 2.45. The molecule has 6 N–H and O–H groups in total. The van der Waals surface area contributed by atoms with Crippen molar-refractivity contribution < 1.29 is 20.1 Å². The second-order valence-electron chi connectivity index (χ2n) is 5.20. The van der Waals surface area contributed by atoms with Gasteiger partial charge in [0.05, 0.1) is 25.1 Å². The Morgan fingerprint density at radius 1 is 1.50 bits per heavy atom. The van der Waals surface area contributed by atoms with Gasteiger partial charge in [-0.15, -0.1) is 0 Å². The zero-order valence-electron chi connectivity index (χ0n) is 12.1. The summed E-state index contributed by atoms with van der Waals surface area (Å²) in [6, 6.07) is -1.28. The summed E-state index contributed by atoms with van der Waals surface area (Å²) in [6.45, 7) is -0.579. The van der Waals surface area contributed by atoms with E-state index in [-0.39, 0.29) is 17.1 Å². The van der Waals surface area contributed by atoms with Crippen molar-refractivity contribution in [2.24, 2.45) is 5.11 Å². The van der Waals surface area contributed by atoms with Crippen LogP contribution in [0.4, 0.5) is 5.95 Å². The molecule has 0 amide bonds. The molecule has 128 valence electrons. The van der Waals surface area contributed by atoms with Crippen molar-refractivity contribution in [1.82, 2.24) is 19.5 Å². The summed E-state index contributed by atoms with van der Waals surface area (Å²) in [7, 11) is 0. The number of aromatic nitrogens is 4. The first kappa shape index (κ1) is 16.2. The fraction of sp³-hybridized carbons (Fsp3) is 0.545. The topological polar surface area (TPSA) is 208 Å². The van der Waals surface area contributed by atoms with E-state index in [0.29, 0.717) is 0 Å². The van der Waals surface area contributed by atoms with Crippen LogP contribution in [0.25, 0.3) is 21.6 Å². The molecule has 13 nitrogen and oxygen atoms in total. The lowest BCUT2D eigenvalue weighted by Gasteiger charge is -2.40. The average Bonchev–Trinajstić information content (AvgIpc) is 2.95. The highest BCUT2D eigenvalue weighted by atomic mass is 16.5. The Morgan fingerprint density at radius 3 is 2.92 bits per heavy atom. The average molecular weight is 338 g/mol. The van der Waals surface area contributed by atoms with Crippen LogP contribution in [-0.2, 0) is 4.74 Å². The molecule has 0 bridgehead atoms. The molecule has 2 aromatic rings. The molecule has 0 saturated carbocycles. The Bertz CT molecular complexity index is 858. The molecule has 3 rings (SSSR count). The van der Waals surface area contributed by atoms with Crippen molar-refractivity contribution in [2.75, 3.05) is 12.3 Å². The lowest BCUT2D eigenvalue weighted by atomic mass is 9.96. The number of nitrogen functional groups attached to an aromatic ring is 1. The monoisotopic (exact) mass is 338 g/mol. The van der Waals surface area contributed by atoms with E-state index in [4.69, 9.17) is 16.0 Å². The lowest BCUT2D eigenvalue weighted by Crippen LogP contribution is -2.55. The zero-order valence-corrected chi connectivity index (χ0v) is 12.1. The Kier molecular flexibility index (Phi) is 4.09. The highest BCUT2D eigenvalue weighted by Crippen LogP contribution is 2.31. The molecule has 1 aliphatic heterocycles. The molecule has 1 aliphatic rings. The highest BCUT2D eigenvalue weighted by molar-refractivity contribution is 5.70. The van der Waals surface area contributed by atoms with Gasteiger partial charge in [0.15, 0.2) is 17.4 Å². The van der Waals surface area contributed by atoms with Gasteiger partial charge in [0.1, 0.15) is 12.2 Å². The number of nitrogens with zero attached hydrogens (tertiary/aromatic N) is 6. The smallest absolute Gasteiger partial charge is 0.280 e. The molecule has 0 radical (unpaired) electrons. The van der Waals surface area contributed by atoms with E-state index < -0.39 is 42.7 Å². The van der Waals surface area contributed by atoms with Gasteiger partial charge in [-0.1, -0.05) is 5.11 Å². The molecule has 1 saturated heterocycles. The van der Waals surface area contributed by atoms with Gasteiger partial charge in [0.2, 0.25) is 5.95 Å². The normalized spacial score (nSPS) is 30.2. The van der Waals surface area contributed by atoms with E-state index in [0.717, 1.165) is 0 Å². The van der Waals surface area contributed by atoms with Crippen molar-refractivity contribution >= 4 is 17.1 Å². The summed E-state index contributed by atoms with van der Waals surface area (Å²) >= 11 is 0. The minimum Gasteiger partial charge on any atom is -0.394 e. The van der Waals surface area contributed by atoms with Crippen LogP contribution in [-0.4, -0.2) is 65.8 Å². The fourth-order valence-electron chi connectivity index (χ4n) is 2.64. The van der Waals surface area contributed by atoms with Crippen LogP contribution >= 0.6 is 0 Å². The van der Waals surface area contributed by atoms with E-state index in [9.17, 15) is 20.1 Å². The molecule has 2 aromatic heterocycles. The number of ether oxygens (including phenoxy) is 1. The minimum absolute atomic E-state index is 0.0352. The molecule has 0 aromatic carbocycles. The number of H-pyrrole nitrogens is 1. The number of imidazole rings is 1. The molecule has 24 heavy (non-hydrogen) atoms. The van der Waals surface area contributed by atoms with E-state index >= 15 is 0 Å². The molecule has 3 heterocycles. The number of rotatable bonds is 3. The van der Waals surface area contributed by atoms with Gasteiger partial charge in [0.25, 0.3) is 5.56 Å². The number of nitrogens with one attached hydrogen (secondary N) is 1. The van der Waals surface area contributed by atoms with Crippen molar-refractivity contribution in [3.63, 3.8) is 0 Å². The van der Waals surface area contributed by atoms with Crippen LogP contribution in [0.5, 0.6) is 0 Å². The predicted octanol–water partition coefficient (Wildman–Crippen LogP) is -2.01. The second kappa shape index (κ2) is 6.07. The van der Waals surface area contributed by atoms with Gasteiger partial charge < -0.3 is 25.8 Å². The number of aliphatic hydroxyl groups excluding tert-OH is 3. The van der Waals surface area contributed by atoms with Crippen LogP contribution in [0, 0.1) is 0 Å². The van der Waals surface area contributed by atoms with Crippen LogP contribution in [0.1, 0.15) is 6.23 Å². The molecular weight excluding hydrogens is 324 g/mol. The third-order valence-electron chi connectivity index (χ3n) is 3.78. The first-order valence-electron chi connectivity index (χ1n) is 6.87. The number of azide groups is 1. The number of hydrogen-bond donors (Lipinski definition) is 5. The Morgan fingerprint density at radius 2 is 2.25 bits per heavy atom. The summed E-state index contributed by atoms with van der Waals surface area (Å²) in [5.74, 6) is -0.162. The van der Waals surface area contributed by atoms with E-state index in [1.165, 1.54) is 10.9 Å². The molecular formula is C11H14N8O5. The van der Waals surface area contributed by atoms with Crippen LogP contribution < -0.4 is 11.3 Å². The maximum absolute atomic E-state index is 11.8. The quantitative estimate of drug-likeness (QED) is 0.239. The van der Waals surface area contributed by atoms with E-state index in [1.807, 2.05) is 0 Å². The van der Waals surface area contributed by atoms with E-state index in [2.05, 4.69) is 25.0 Å². The molecule has 0 spiro atoms. The maximum Gasteiger partial charge on any atom is 0.280 e. The number of anilines is 1. The van der Waals surface area contributed by atoms with Crippen LogP contribution in [0.2, 0.25) is 0 Å². The van der Waals surface area contributed by atoms with Crippen LogP contribution in [0.3, 0.4) is 0 Å². The van der Waals surface area contributed by atoms with Gasteiger partial charge in [-0.25, -0.2) is 4.98 Å². The number of aromatic amines is 1. The zero-order chi connectivity index (χ0) is 17.4. The van der Waals surface area contributed by atoms with Gasteiger partial charge in [0, 0.05) is 4.91 Å². The van der Waals surface area contributed by atoms with Crippen molar-refractivity contribution in [3.8, 4) is 0 Å². The third-order valence-corrected chi connectivity index (χ3v) is 3.78. The number of nitrogens with two attached hydrogens (primary N) is 1. The van der Waals surface area contributed by atoms with E-state index in [1.54, 1.807) is 0 Å². The van der Waals surface area contributed by atoms with Crippen molar-refractivity contribution in [1.29, 1.82) is 0 Å². The van der Waals surface area contributed by atoms with Crippen molar-refractivity contribution in [3.05, 3.63) is 27.1 Å². The Balaban J connectivity index is 2.10. The van der Waals surface area contributed by atoms with Crippen LogP contribution in [0.15, 0.2) is 16.2 Å². The standard InChI is InChI=1S/C11H14N8O5/c12-11-15-8-5(9(23)16-11)14-2-19(8)10-7(22)4(17-18-13)6(21)3(1-20)24-10/h2-4,6-7,10,20-22H,1H2,(H3,12,15,16,23)/t3-,4+,6-,7-,10-/m1/s1. The summed E-state index contributed by atoms with van der Waals surface area (Å²) in [4.78, 5) is 24.5. The van der Waals surface area contributed by atoms with Gasteiger partial charge in [-0.3, -0.25) is 14.3 Å². The first-order chi connectivity index (χ1) is 11.5. The third kappa shape index (κ3) is 2.46. The maximum atomic E-state index is 11.8. The predicted molar refractivity (Wildman–Crippen MR) is 78.5 cm³/mol. The Labute approximate surface area is 133 Å². The number of fused-ring (bicyclic) bond motifs is 1. The fourth-order valence-corrected chi connectivity index (χ4v) is 2.64. The minimum atomic E-state index is -1.47. The SMILES string of the molecule is [N-]=[N+]=N[C@@H]1[C@@H](O)[C@H](n2cnc3c(=O)[nH]c(N)nc32)O[C@H](CO)[C@H]1O. The van der Waals surface area contributed by atoms with Crippen molar-refractivity contribution in [2.45, 2.75) is 30.6 Å². The molecule has 1 fully saturated rings. The number of aliphatic hydroxyl groups is 3. The summed E-state index contributed by atoms with van der Waals surface area (Å²) < 4.78 is 6.69. The van der Waals surface area contributed by atoms with Gasteiger partial charge in [-0.2, -0.15) is 4.98 Å². The first-order valence-corrected chi connectivity index (χ1v) is 6.87. The summed E-state index contributed by atoms with van der Waals surface area (Å²) in [5.41, 5.74) is 13.5. The molecule has 0 aliphatic carbocycles. The molecule has 0 unspecified atom stereocenters. The number of hydrogen-bond acceptors (Lipinski definition) is 9. The Hall–Kier alpha value is -2.70. The summed E-state index contributed by atoms with van der Waals surface area (Å²) in [5, 5.41) is 33.1. The van der Waals surface area contributed by atoms with Gasteiger partial charge in [-0.05, 0) is 5.53 Å². The molecule has 13 heteroatoms. The summed E-state index contributed by atoms with van der Waals surface area (Å²) in [6.07, 6.45) is -4.02. The molecule has 5 atom stereocenters. The van der Waals surface area contributed by atoms with Gasteiger partial charge >= 0.3 is 0 Å². The second-order valence-corrected chi connectivity index (χ2v) is 5.20. The largest absolute Gasteiger partial charge is 0.394 e.